The Hall–Kier alpha value is -3.95. The van der Waals surface area contributed by atoms with Gasteiger partial charge in [-0.15, -0.1) is 0 Å². The first-order valence-corrected chi connectivity index (χ1v) is 14.2. The lowest BCUT2D eigenvalue weighted by Gasteiger charge is -2.47. The molecule has 2 unspecified atom stereocenters. The number of hydrogen-bond donors (Lipinski definition) is 2. The number of carbonyl (C=O) groups is 1. The molecule has 15 heteroatoms. The van der Waals surface area contributed by atoms with Crippen molar-refractivity contribution in [3.63, 3.8) is 0 Å². The third kappa shape index (κ3) is 7.15. The molecule has 3 heterocycles. The monoisotopic (exact) mass is 640 g/mol. The molecule has 0 bridgehead atoms. The van der Waals surface area contributed by atoms with Gasteiger partial charge in [-0.3, -0.25) is 15.0 Å². The lowest BCUT2D eigenvalue weighted by molar-refractivity contribution is -0.143. The Kier molecular flexibility index (Phi) is 9.23. The Morgan fingerprint density at radius 3 is 2.27 bits per heavy atom. The highest BCUT2D eigenvalue weighted by molar-refractivity contribution is 5.73. The van der Waals surface area contributed by atoms with Gasteiger partial charge in [-0.05, 0) is 48.4 Å². The second-order valence-electron chi connectivity index (χ2n) is 10.9. The first-order valence-electron chi connectivity index (χ1n) is 14.2. The minimum absolute atomic E-state index is 0.0603. The third-order valence-corrected chi connectivity index (χ3v) is 8.02. The van der Waals surface area contributed by atoms with Crippen molar-refractivity contribution in [2.24, 2.45) is 0 Å². The Morgan fingerprint density at radius 2 is 1.67 bits per heavy atom. The van der Waals surface area contributed by atoms with Crippen molar-refractivity contribution < 1.29 is 40.6 Å². The van der Waals surface area contributed by atoms with E-state index in [0.29, 0.717) is 60.3 Å². The van der Waals surface area contributed by atoms with Crippen molar-refractivity contribution in [3.05, 3.63) is 87.5 Å². The van der Waals surface area contributed by atoms with E-state index in [0.717, 1.165) is 0 Å². The Bertz CT molecular complexity index is 1440. The van der Waals surface area contributed by atoms with Crippen LogP contribution in [-0.2, 0) is 28.3 Å². The number of halogens is 6. The van der Waals surface area contributed by atoms with E-state index < -0.39 is 42.2 Å². The number of rotatable bonds is 5. The predicted octanol–water partition coefficient (Wildman–Crippen LogP) is 4.37. The van der Waals surface area contributed by atoms with Crippen molar-refractivity contribution in [1.29, 1.82) is 0 Å². The number of methoxy groups -OCH3 is 1. The third-order valence-electron chi connectivity index (χ3n) is 8.02. The fourth-order valence-corrected chi connectivity index (χ4v) is 5.70. The summed E-state index contributed by atoms with van der Waals surface area (Å²) in [5.74, 6) is 0.467. The van der Waals surface area contributed by atoms with E-state index in [1.54, 1.807) is 35.2 Å². The maximum atomic E-state index is 14.5. The fourth-order valence-electron chi connectivity index (χ4n) is 5.70. The molecule has 2 aromatic rings. The molecule has 0 spiro atoms. The Morgan fingerprint density at radius 1 is 1.02 bits per heavy atom. The van der Waals surface area contributed by atoms with Crippen molar-refractivity contribution in [2.75, 3.05) is 46.5 Å². The van der Waals surface area contributed by atoms with Gasteiger partial charge in [-0.2, -0.15) is 26.3 Å². The van der Waals surface area contributed by atoms with Gasteiger partial charge in [-0.1, -0.05) is 12.1 Å². The summed E-state index contributed by atoms with van der Waals surface area (Å²) in [7, 11) is 1.42. The zero-order valence-electron chi connectivity index (χ0n) is 24.5. The van der Waals surface area contributed by atoms with E-state index in [9.17, 15) is 36.3 Å². The molecule has 45 heavy (non-hydrogen) atoms. The van der Waals surface area contributed by atoms with E-state index in [4.69, 9.17) is 9.47 Å². The summed E-state index contributed by atoms with van der Waals surface area (Å²) in [4.78, 5) is 15.5. The molecule has 3 aliphatic heterocycles. The Balaban J connectivity index is 1.62. The van der Waals surface area contributed by atoms with Crippen molar-refractivity contribution in [3.8, 4) is 5.75 Å². The number of benzene rings is 2. The van der Waals surface area contributed by atoms with E-state index in [1.165, 1.54) is 14.0 Å². The van der Waals surface area contributed by atoms with Crippen molar-refractivity contribution in [1.82, 2.24) is 25.5 Å². The lowest BCUT2D eigenvalue weighted by Crippen LogP contribution is -2.54. The molecule has 5 rings (SSSR count). The van der Waals surface area contributed by atoms with Crippen LogP contribution in [0.15, 0.2) is 60.0 Å². The second-order valence-corrected chi connectivity index (χ2v) is 10.9. The van der Waals surface area contributed by atoms with Gasteiger partial charge in [-0.25, -0.2) is 0 Å². The minimum Gasteiger partial charge on any atom is -0.758 e. The van der Waals surface area contributed by atoms with Crippen LogP contribution in [0.4, 0.5) is 26.3 Å². The quantitative estimate of drug-likeness (QED) is 0.466. The van der Waals surface area contributed by atoms with E-state index in [2.05, 4.69) is 10.6 Å². The van der Waals surface area contributed by atoms with Gasteiger partial charge in [0.1, 0.15) is 5.75 Å². The highest BCUT2D eigenvalue weighted by Crippen LogP contribution is 2.39. The number of hydroxylamine groups is 2. The average Bonchev–Trinajstić information content (AvgIpc) is 3.00. The number of nitrogens with zero attached hydrogens (tertiary/aromatic N) is 3. The summed E-state index contributed by atoms with van der Waals surface area (Å²) in [6, 6.07) is 6.71. The molecule has 244 valence electrons. The predicted molar refractivity (Wildman–Crippen MR) is 152 cm³/mol. The van der Waals surface area contributed by atoms with Gasteiger partial charge in [0.2, 0.25) is 5.91 Å². The van der Waals surface area contributed by atoms with Crippen LogP contribution in [-0.4, -0.2) is 79.5 Å². The average molecular weight is 641 g/mol. The maximum absolute atomic E-state index is 14.5. The zero-order valence-corrected chi connectivity index (χ0v) is 24.5. The Labute approximate surface area is 255 Å². The topological polar surface area (TPSA) is 92.4 Å². The SMILES string of the molecule is COc1ccccc1/C1=C/C(N2CCN(C(C)=O)CC2)OC2=C(CNCN2)C(Cc2cc(C(F)(F)F)cc(C(F)(F)F)c2)N1[O-]. The van der Waals surface area contributed by atoms with Crippen LogP contribution in [0.25, 0.3) is 5.70 Å². The highest BCUT2D eigenvalue weighted by Gasteiger charge is 2.38. The molecule has 1 amide bonds. The van der Waals surface area contributed by atoms with E-state index >= 15 is 0 Å². The largest absolute Gasteiger partial charge is 0.758 e. The molecule has 0 saturated carbocycles. The molecule has 1 saturated heterocycles. The molecule has 0 aliphatic carbocycles. The summed E-state index contributed by atoms with van der Waals surface area (Å²) in [5.41, 5.74) is -2.50. The smallest absolute Gasteiger partial charge is 0.416 e. The van der Waals surface area contributed by atoms with E-state index in [-0.39, 0.29) is 42.3 Å². The van der Waals surface area contributed by atoms with Crippen LogP contribution < -0.4 is 15.4 Å². The number of carbonyl (C=O) groups excluding carboxylic acids is 1. The van der Waals surface area contributed by atoms with Crippen LogP contribution in [0.5, 0.6) is 5.75 Å². The van der Waals surface area contributed by atoms with Crippen molar-refractivity contribution >= 4 is 11.6 Å². The number of amides is 1. The van der Waals surface area contributed by atoms with Crippen LogP contribution in [0.2, 0.25) is 0 Å². The standard InChI is InChI=1S/C30H32F6N5O4/c1-18(42)39-7-9-40(10-8-39)27-15-25(22-5-3-4-6-26(22)44-2)41(43)24(23-16-37-17-38-28(23)45-27)13-19-11-20(29(31,32)33)14-21(12-19)30(34,35)36/h3-6,11-12,14-15,24,27,37-38H,7-10,13,16-17H2,1-2H3/q-1/b25-15-. The van der Waals surface area contributed by atoms with Crippen LogP contribution in [0.3, 0.4) is 0 Å². The molecular formula is C30H32F6N5O4-. The number of alkyl halides is 6. The van der Waals surface area contributed by atoms with E-state index in [1.807, 2.05) is 4.90 Å². The molecule has 2 atom stereocenters. The molecule has 2 N–H and O–H groups in total. The van der Waals surface area contributed by atoms with Gasteiger partial charge < -0.3 is 30.0 Å². The number of para-hydroxylation sites is 1. The molecule has 2 aromatic carbocycles. The van der Waals surface area contributed by atoms with Gasteiger partial charge in [0.05, 0.1) is 24.9 Å². The van der Waals surface area contributed by atoms with Crippen LogP contribution in [0, 0.1) is 5.21 Å². The summed E-state index contributed by atoms with van der Waals surface area (Å²) in [6.07, 6.45) is -9.81. The van der Waals surface area contributed by atoms with Crippen molar-refractivity contribution in [2.45, 2.75) is 38.0 Å². The maximum Gasteiger partial charge on any atom is 0.416 e. The van der Waals surface area contributed by atoms with Gasteiger partial charge in [0.25, 0.3) is 0 Å². The molecule has 1 fully saturated rings. The number of piperazine rings is 1. The normalized spacial score (nSPS) is 22.8. The number of ether oxygens (including phenoxy) is 2. The summed E-state index contributed by atoms with van der Waals surface area (Å²) < 4.78 is 94.1. The summed E-state index contributed by atoms with van der Waals surface area (Å²) >= 11 is 0. The molecule has 3 aliphatic rings. The molecular weight excluding hydrogens is 608 g/mol. The number of hydrogen-bond acceptors (Lipinski definition) is 8. The lowest BCUT2D eigenvalue weighted by atomic mass is 9.93. The van der Waals surface area contributed by atoms with Gasteiger partial charge in [0.15, 0.2) is 12.1 Å². The molecule has 9 nitrogen and oxygen atoms in total. The zero-order chi connectivity index (χ0) is 32.5. The minimum atomic E-state index is -5.04. The van der Waals surface area contributed by atoms with Gasteiger partial charge >= 0.3 is 12.4 Å². The van der Waals surface area contributed by atoms with Gasteiger partial charge in [0, 0.05) is 62.5 Å². The molecule has 0 radical (unpaired) electrons. The fraction of sp³-hybridized carbons (Fsp3) is 0.433. The summed E-state index contributed by atoms with van der Waals surface area (Å²) in [6.45, 7) is 3.51. The number of nitrogens with one attached hydrogen (secondary N) is 2. The summed E-state index contributed by atoms with van der Waals surface area (Å²) in [5, 5.41) is 21.2. The first-order chi connectivity index (χ1) is 21.3. The molecule has 0 aromatic heterocycles. The highest BCUT2D eigenvalue weighted by atomic mass is 19.4. The van der Waals surface area contributed by atoms with Crippen LogP contribution >= 0.6 is 0 Å². The second kappa shape index (κ2) is 12.8. The first kappa shape index (κ1) is 32.4. The van der Waals surface area contributed by atoms with Crippen LogP contribution in [0.1, 0.15) is 29.2 Å².